The van der Waals surface area contributed by atoms with Crippen molar-refractivity contribution in [2.75, 3.05) is 56.1 Å². The van der Waals surface area contributed by atoms with Gasteiger partial charge in [0.05, 0.1) is 10.7 Å². The molecule has 3 amide bonds. The second-order valence-corrected chi connectivity index (χ2v) is 10.2. The van der Waals surface area contributed by atoms with E-state index in [-0.39, 0.29) is 17.7 Å². The molecule has 0 aliphatic carbocycles. The van der Waals surface area contributed by atoms with E-state index in [1.54, 1.807) is 22.9 Å². The standard InChI is InChI=1S/C29H32ClN5O3/c1-19(36)32-18-20-14-22(16-23(15-20)34-10-8-31-9-11-34)25-5-3-4-24(28(25)37)21-6-7-27(26(30)17-21)35-13-12-33(2)29(35)38/h3-7,14-17,31,37H,8-13,18H2,1-2H3,(H,32,36). The van der Waals surface area contributed by atoms with Crippen LogP contribution in [0.3, 0.4) is 0 Å². The van der Waals surface area contributed by atoms with Crippen molar-refractivity contribution in [1.82, 2.24) is 15.5 Å². The zero-order valence-corrected chi connectivity index (χ0v) is 22.4. The molecule has 0 saturated carbocycles. The molecule has 38 heavy (non-hydrogen) atoms. The monoisotopic (exact) mass is 533 g/mol. The number of carbonyl (C=O) groups excluding carboxylic acids is 2. The van der Waals surface area contributed by atoms with Crippen LogP contribution in [0.15, 0.2) is 54.6 Å². The van der Waals surface area contributed by atoms with Gasteiger partial charge in [-0.05, 0) is 47.0 Å². The average molecular weight is 534 g/mol. The van der Waals surface area contributed by atoms with Gasteiger partial charge in [-0.2, -0.15) is 0 Å². The van der Waals surface area contributed by atoms with Gasteiger partial charge in [-0.15, -0.1) is 0 Å². The maximum absolute atomic E-state index is 12.4. The van der Waals surface area contributed by atoms with Gasteiger partial charge in [-0.1, -0.05) is 35.9 Å². The number of anilines is 2. The second-order valence-electron chi connectivity index (χ2n) is 9.76. The van der Waals surface area contributed by atoms with E-state index in [1.807, 2.05) is 36.4 Å². The van der Waals surface area contributed by atoms with Crippen LogP contribution in [-0.2, 0) is 11.3 Å². The maximum Gasteiger partial charge on any atom is 0.324 e. The van der Waals surface area contributed by atoms with Crippen LogP contribution in [-0.4, -0.2) is 68.3 Å². The van der Waals surface area contributed by atoms with Crippen molar-refractivity contribution >= 4 is 34.9 Å². The van der Waals surface area contributed by atoms with Gasteiger partial charge in [0.15, 0.2) is 0 Å². The highest BCUT2D eigenvalue weighted by molar-refractivity contribution is 6.34. The van der Waals surface area contributed by atoms with Gasteiger partial charge in [0, 0.05) is 76.6 Å². The first-order valence-corrected chi connectivity index (χ1v) is 13.2. The fourth-order valence-corrected chi connectivity index (χ4v) is 5.32. The van der Waals surface area contributed by atoms with Gasteiger partial charge in [0.25, 0.3) is 0 Å². The molecule has 3 N–H and O–H groups in total. The van der Waals surface area contributed by atoms with E-state index in [2.05, 4.69) is 27.7 Å². The summed E-state index contributed by atoms with van der Waals surface area (Å²) in [4.78, 5) is 29.7. The molecule has 2 saturated heterocycles. The molecule has 0 bridgehead atoms. The number of halogens is 1. The third-order valence-corrected chi connectivity index (χ3v) is 7.42. The molecule has 2 aliphatic heterocycles. The Hall–Kier alpha value is -3.75. The van der Waals surface area contributed by atoms with Crippen LogP contribution in [0.2, 0.25) is 5.02 Å². The van der Waals surface area contributed by atoms with E-state index < -0.39 is 0 Å². The number of phenols is 1. The van der Waals surface area contributed by atoms with E-state index in [4.69, 9.17) is 11.6 Å². The Morgan fingerprint density at radius 2 is 1.74 bits per heavy atom. The summed E-state index contributed by atoms with van der Waals surface area (Å²) < 4.78 is 0. The van der Waals surface area contributed by atoms with Gasteiger partial charge >= 0.3 is 6.03 Å². The number of rotatable bonds is 6. The normalized spacial score (nSPS) is 15.8. The van der Waals surface area contributed by atoms with Crippen molar-refractivity contribution in [2.45, 2.75) is 13.5 Å². The molecule has 2 heterocycles. The molecule has 0 atom stereocenters. The summed E-state index contributed by atoms with van der Waals surface area (Å²) in [6.45, 7) is 6.72. The van der Waals surface area contributed by atoms with E-state index in [0.717, 1.165) is 48.6 Å². The second kappa shape index (κ2) is 10.9. The van der Waals surface area contributed by atoms with Gasteiger partial charge in [0.1, 0.15) is 5.75 Å². The molecule has 3 aromatic rings. The number of phenolic OH excluding ortho intramolecular Hbond substituents is 1. The average Bonchev–Trinajstić information content (AvgIpc) is 3.25. The Morgan fingerprint density at radius 3 is 2.39 bits per heavy atom. The van der Waals surface area contributed by atoms with Crippen molar-refractivity contribution in [3.63, 3.8) is 0 Å². The number of hydrogen-bond acceptors (Lipinski definition) is 5. The maximum atomic E-state index is 12.4. The zero-order chi connectivity index (χ0) is 26.8. The Labute approximate surface area is 227 Å². The fourth-order valence-electron chi connectivity index (χ4n) is 5.04. The van der Waals surface area contributed by atoms with Crippen LogP contribution < -0.4 is 20.4 Å². The van der Waals surface area contributed by atoms with E-state index in [0.29, 0.717) is 41.5 Å². The highest BCUT2D eigenvalue weighted by atomic mass is 35.5. The minimum Gasteiger partial charge on any atom is -0.507 e. The number of amides is 3. The van der Waals surface area contributed by atoms with Crippen molar-refractivity contribution in [1.29, 1.82) is 0 Å². The Morgan fingerprint density at radius 1 is 1.00 bits per heavy atom. The van der Waals surface area contributed by atoms with Crippen molar-refractivity contribution in [3.05, 3.63) is 65.2 Å². The van der Waals surface area contributed by atoms with Gasteiger partial charge < -0.3 is 25.5 Å². The molecular weight excluding hydrogens is 502 g/mol. The molecule has 0 unspecified atom stereocenters. The van der Waals surface area contributed by atoms with Crippen LogP contribution >= 0.6 is 11.6 Å². The third kappa shape index (κ3) is 5.28. The summed E-state index contributed by atoms with van der Waals surface area (Å²) >= 11 is 6.63. The molecule has 0 spiro atoms. The van der Waals surface area contributed by atoms with Gasteiger partial charge in [-0.25, -0.2) is 4.79 Å². The van der Waals surface area contributed by atoms with Gasteiger partial charge in [-0.3, -0.25) is 9.69 Å². The topological polar surface area (TPSA) is 88.2 Å². The molecule has 3 aromatic carbocycles. The summed E-state index contributed by atoms with van der Waals surface area (Å²) in [5, 5.41) is 18.2. The van der Waals surface area contributed by atoms with Crippen molar-refractivity contribution in [2.24, 2.45) is 0 Å². The molecule has 0 radical (unpaired) electrons. The molecular formula is C29H32ClN5O3. The SMILES string of the molecule is CC(=O)NCc1cc(-c2cccc(-c3ccc(N4CCN(C)C4=O)c(Cl)c3)c2O)cc(N2CCNCC2)c1. The van der Waals surface area contributed by atoms with Crippen molar-refractivity contribution in [3.8, 4) is 28.0 Å². The molecule has 0 aromatic heterocycles. The van der Waals surface area contributed by atoms with E-state index in [9.17, 15) is 14.7 Å². The lowest BCUT2D eigenvalue weighted by Gasteiger charge is -2.30. The minimum atomic E-state index is -0.0911. The van der Waals surface area contributed by atoms with Crippen LogP contribution in [0, 0.1) is 0 Å². The summed E-state index contributed by atoms with van der Waals surface area (Å²) in [5.74, 6) is 0.0582. The first-order chi connectivity index (χ1) is 18.3. The lowest BCUT2D eigenvalue weighted by Crippen LogP contribution is -2.43. The number of hydrogen-bond donors (Lipinski definition) is 3. The number of likely N-dealkylation sites (N-methyl/N-ethyl adjacent to an activating group) is 1. The minimum absolute atomic E-state index is 0.0797. The smallest absolute Gasteiger partial charge is 0.324 e. The van der Waals surface area contributed by atoms with Crippen LogP contribution in [0.1, 0.15) is 12.5 Å². The number of para-hydroxylation sites is 1. The quantitative estimate of drug-likeness (QED) is 0.440. The first-order valence-electron chi connectivity index (χ1n) is 12.8. The van der Waals surface area contributed by atoms with Crippen LogP contribution in [0.4, 0.5) is 16.2 Å². The number of piperazine rings is 1. The first kappa shape index (κ1) is 25.9. The van der Waals surface area contributed by atoms with Crippen LogP contribution in [0.5, 0.6) is 5.75 Å². The summed E-state index contributed by atoms with van der Waals surface area (Å²) in [5.41, 5.74) is 5.65. The zero-order valence-electron chi connectivity index (χ0n) is 21.6. The number of nitrogens with one attached hydrogen (secondary N) is 2. The predicted octanol–water partition coefficient (Wildman–Crippen LogP) is 4.30. The lowest BCUT2D eigenvalue weighted by molar-refractivity contribution is -0.119. The Balaban J connectivity index is 1.51. The molecule has 198 valence electrons. The van der Waals surface area contributed by atoms with Crippen LogP contribution in [0.25, 0.3) is 22.3 Å². The molecule has 2 aliphatic rings. The number of aromatic hydroxyl groups is 1. The Bertz CT molecular complexity index is 1370. The highest BCUT2D eigenvalue weighted by Gasteiger charge is 2.28. The van der Waals surface area contributed by atoms with Gasteiger partial charge in [0.2, 0.25) is 5.91 Å². The fraction of sp³-hybridized carbons (Fsp3) is 0.310. The molecule has 9 heteroatoms. The third-order valence-electron chi connectivity index (χ3n) is 7.11. The number of benzene rings is 3. The Kier molecular flexibility index (Phi) is 7.44. The number of nitrogens with zero attached hydrogens (tertiary/aromatic N) is 3. The largest absolute Gasteiger partial charge is 0.507 e. The summed E-state index contributed by atoms with van der Waals surface area (Å²) in [6, 6.07) is 17.3. The predicted molar refractivity (Wildman–Crippen MR) is 152 cm³/mol. The highest BCUT2D eigenvalue weighted by Crippen LogP contribution is 2.41. The van der Waals surface area contributed by atoms with E-state index in [1.165, 1.54) is 6.92 Å². The molecule has 5 rings (SSSR count). The number of carbonyl (C=O) groups is 2. The molecule has 2 fully saturated rings. The van der Waals surface area contributed by atoms with E-state index >= 15 is 0 Å². The molecule has 8 nitrogen and oxygen atoms in total. The van der Waals surface area contributed by atoms with Crippen molar-refractivity contribution < 1.29 is 14.7 Å². The summed E-state index contributed by atoms with van der Waals surface area (Å²) in [6.07, 6.45) is 0. The summed E-state index contributed by atoms with van der Waals surface area (Å²) in [7, 11) is 1.77. The lowest BCUT2D eigenvalue weighted by atomic mass is 9.95. The number of urea groups is 1.